The van der Waals surface area contributed by atoms with Gasteiger partial charge in [-0.3, -0.25) is 14.5 Å². The predicted molar refractivity (Wildman–Crippen MR) is 75.5 cm³/mol. The quantitative estimate of drug-likeness (QED) is 0.693. The minimum absolute atomic E-state index is 0.0199. The Morgan fingerprint density at radius 2 is 2.20 bits per heavy atom. The fraction of sp³-hybridized carbons (Fsp3) is 0.714. The molecule has 1 aliphatic heterocycles. The van der Waals surface area contributed by atoms with E-state index in [-0.39, 0.29) is 18.4 Å². The van der Waals surface area contributed by atoms with E-state index in [9.17, 15) is 9.59 Å². The molecule has 0 aromatic carbocycles. The number of carbonyl (C=O) groups is 2. The van der Waals surface area contributed by atoms with Crippen LogP contribution in [0.25, 0.3) is 0 Å². The number of aliphatic carboxylic acids is 1. The Kier molecular flexibility index (Phi) is 6.67. The number of hydrogen-bond donors (Lipinski definition) is 1. The van der Waals surface area contributed by atoms with Crippen LogP contribution in [0.4, 0.5) is 0 Å². The average molecular weight is 284 g/mol. The van der Waals surface area contributed by atoms with Gasteiger partial charge in [0, 0.05) is 26.2 Å². The molecule has 1 atom stereocenters. The highest BCUT2D eigenvalue weighted by molar-refractivity contribution is 5.78. The van der Waals surface area contributed by atoms with Crippen LogP contribution in [-0.2, 0) is 14.3 Å². The molecule has 1 rings (SSSR count). The third-order valence-electron chi connectivity index (χ3n) is 3.18. The second-order valence-electron chi connectivity index (χ2n) is 5.19. The van der Waals surface area contributed by atoms with Gasteiger partial charge >= 0.3 is 5.97 Å². The average Bonchev–Trinajstić information content (AvgIpc) is 2.35. The zero-order chi connectivity index (χ0) is 15.1. The Balaban J connectivity index is 2.47. The molecule has 0 saturated carbocycles. The summed E-state index contributed by atoms with van der Waals surface area (Å²) in [7, 11) is 0. The van der Waals surface area contributed by atoms with E-state index < -0.39 is 5.97 Å². The van der Waals surface area contributed by atoms with Crippen LogP contribution < -0.4 is 0 Å². The lowest BCUT2D eigenvalue weighted by Crippen LogP contribution is -2.48. The molecule has 0 spiro atoms. The molecule has 0 aliphatic carbocycles. The van der Waals surface area contributed by atoms with Gasteiger partial charge in [0.1, 0.15) is 0 Å². The summed E-state index contributed by atoms with van der Waals surface area (Å²) in [6, 6.07) is 0. The van der Waals surface area contributed by atoms with Gasteiger partial charge in [0.05, 0.1) is 25.7 Å². The van der Waals surface area contributed by atoms with Gasteiger partial charge in [0.2, 0.25) is 5.91 Å². The smallest absolute Gasteiger partial charge is 0.306 e. The number of carboxylic acid groups (broad SMARTS) is 1. The number of rotatable bonds is 7. The first-order chi connectivity index (χ1) is 9.42. The highest BCUT2D eigenvalue weighted by atomic mass is 16.5. The van der Waals surface area contributed by atoms with E-state index in [2.05, 4.69) is 6.58 Å². The van der Waals surface area contributed by atoms with Crippen LogP contribution in [0.15, 0.2) is 12.2 Å². The summed E-state index contributed by atoms with van der Waals surface area (Å²) in [5, 5.41) is 8.78. The van der Waals surface area contributed by atoms with Gasteiger partial charge in [-0.05, 0) is 13.8 Å². The van der Waals surface area contributed by atoms with Crippen molar-refractivity contribution in [3.63, 3.8) is 0 Å². The number of morpholine rings is 1. The van der Waals surface area contributed by atoms with E-state index in [1.807, 2.05) is 18.7 Å². The molecule has 6 heteroatoms. The Hall–Kier alpha value is -1.40. The third-order valence-corrected chi connectivity index (χ3v) is 3.18. The van der Waals surface area contributed by atoms with Crippen LogP contribution in [0.1, 0.15) is 20.3 Å². The largest absolute Gasteiger partial charge is 0.481 e. The monoisotopic (exact) mass is 284 g/mol. The van der Waals surface area contributed by atoms with Crippen molar-refractivity contribution >= 4 is 11.9 Å². The predicted octanol–water partition coefficient (Wildman–Crippen LogP) is 0.587. The zero-order valence-corrected chi connectivity index (χ0v) is 12.3. The van der Waals surface area contributed by atoms with Crippen molar-refractivity contribution in [3.8, 4) is 0 Å². The van der Waals surface area contributed by atoms with Crippen LogP contribution >= 0.6 is 0 Å². The number of carboxylic acids is 1. The molecule has 1 aliphatic rings. The first kappa shape index (κ1) is 16.7. The first-order valence-electron chi connectivity index (χ1n) is 6.90. The third kappa shape index (κ3) is 5.71. The van der Waals surface area contributed by atoms with Gasteiger partial charge in [-0.15, -0.1) is 0 Å². The topological polar surface area (TPSA) is 70.1 Å². The van der Waals surface area contributed by atoms with Gasteiger partial charge in [0.25, 0.3) is 0 Å². The molecule has 1 heterocycles. The summed E-state index contributed by atoms with van der Waals surface area (Å²) in [4.78, 5) is 26.6. The summed E-state index contributed by atoms with van der Waals surface area (Å²) >= 11 is 0. The molecule has 0 aromatic rings. The van der Waals surface area contributed by atoms with E-state index in [4.69, 9.17) is 9.84 Å². The van der Waals surface area contributed by atoms with E-state index >= 15 is 0 Å². The molecule has 1 N–H and O–H groups in total. The second kappa shape index (κ2) is 8.01. The number of amides is 1. The lowest BCUT2D eigenvalue weighted by molar-refractivity contribution is -0.142. The lowest BCUT2D eigenvalue weighted by atomic mass is 10.2. The molecule has 1 amide bonds. The van der Waals surface area contributed by atoms with Crippen molar-refractivity contribution in [1.82, 2.24) is 9.80 Å². The first-order valence-corrected chi connectivity index (χ1v) is 6.90. The number of ether oxygens (including phenoxy) is 1. The van der Waals surface area contributed by atoms with E-state index in [1.165, 1.54) is 0 Å². The van der Waals surface area contributed by atoms with Gasteiger partial charge in [0.15, 0.2) is 0 Å². The molecular formula is C14H24N2O4. The van der Waals surface area contributed by atoms with Crippen molar-refractivity contribution < 1.29 is 19.4 Å². The molecule has 0 bridgehead atoms. The minimum Gasteiger partial charge on any atom is -0.481 e. The number of nitrogens with zero attached hydrogens (tertiary/aromatic N) is 2. The Labute approximate surface area is 120 Å². The fourth-order valence-electron chi connectivity index (χ4n) is 2.24. The minimum atomic E-state index is -0.874. The Bertz CT molecular complexity index is 370. The highest BCUT2D eigenvalue weighted by Gasteiger charge is 2.25. The molecule has 6 nitrogen and oxygen atoms in total. The van der Waals surface area contributed by atoms with Crippen LogP contribution in [-0.4, -0.2) is 72.2 Å². The molecular weight excluding hydrogens is 260 g/mol. The van der Waals surface area contributed by atoms with Gasteiger partial charge in [-0.2, -0.15) is 0 Å². The second-order valence-corrected chi connectivity index (χ2v) is 5.19. The number of hydrogen-bond acceptors (Lipinski definition) is 4. The fourth-order valence-corrected chi connectivity index (χ4v) is 2.24. The standard InChI is InChI=1S/C14H24N2O4/c1-4-16(8-11(2)3)13(17)10-15-5-6-20-12(9-15)7-14(18)19/h12H,2,4-10H2,1,3H3,(H,18,19). The molecule has 0 radical (unpaired) electrons. The summed E-state index contributed by atoms with van der Waals surface area (Å²) in [6.45, 7) is 10.8. The molecule has 1 unspecified atom stereocenters. The zero-order valence-electron chi connectivity index (χ0n) is 12.3. The van der Waals surface area contributed by atoms with Gasteiger partial charge < -0.3 is 14.7 Å². The van der Waals surface area contributed by atoms with Gasteiger partial charge in [-0.1, -0.05) is 12.2 Å². The summed E-state index contributed by atoms with van der Waals surface area (Å²) < 4.78 is 5.39. The van der Waals surface area contributed by atoms with E-state index in [0.717, 1.165) is 5.57 Å². The maximum Gasteiger partial charge on any atom is 0.306 e. The SMILES string of the molecule is C=C(C)CN(CC)C(=O)CN1CCOC(CC(=O)O)C1. The number of likely N-dealkylation sites (N-methyl/N-ethyl adjacent to an activating group) is 1. The molecule has 0 aromatic heterocycles. The molecule has 20 heavy (non-hydrogen) atoms. The summed E-state index contributed by atoms with van der Waals surface area (Å²) in [5.41, 5.74) is 0.950. The molecule has 1 saturated heterocycles. The molecule has 1 fully saturated rings. The van der Waals surface area contributed by atoms with Crippen molar-refractivity contribution in [2.75, 3.05) is 39.3 Å². The van der Waals surface area contributed by atoms with Crippen molar-refractivity contribution in [2.45, 2.75) is 26.4 Å². The normalized spacial score (nSPS) is 19.6. The van der Waals surface area contributed by atoms with Crippen molar-refractivity contribution in [3.05, 3.63) is 12.2 Å². The van der Waals surface area contributed by atoms with E-state index in [1.54, 1.807) is 4.90 Å². The Morgan fingerprint density at radius 3 is 2.75 bits per heavy atom. The summed E-state index contributed by atoms with van der Waals surface area (Å²) in [5.74, 6) is -0.827. The molecule has 114 valence electrons. The lowest BCUT2D eigenvalue weighted by Gasteiger charge is -2.33. The summed E-state index contributed by atoms with van der Waals surface area (Å²) in [6.07, 6.45) is -0.348. The number of carbonyl (C=O) groups excluding carboxylic acids is 1. The van der Waals surface area contributed by atoms with Crippen LogP contribution in [0, 0.1) is 0 Å². The van der Waals surface area contributed by atoms with Crippen molar-refractivity contribution in [2.24, 2.45) is 0 Å². The van der Waals surface area contributed by atoms with Crippen LogP contribution in [0.2, 0.25) is 0 Å². The van der Waals surface area contributed by atoms with Crippen molar-refractivity contribution in [1.29, 1.82) is 0 Å². The van der Waals surface area contributed by atoms with Crippen LogP contribution in [0.5, 0.6) is 0 Å². The van der Waals surface area contributed by atoms with E-state index in [0.29, 0.717) is 39.3 Å². The van der Waals surface area contributed by atoms with Gasteiger partial charge in [-0.25, -0.2) is 0 Å². The maximum absolute atomic E-state index is 12.2. The van der Waals surface area contributed by atoms with Crippen LogP contribution in [0.3, 0.4) is 0 Å². The Morgan fingerprint density at radius 1 is 1.50 bits per heavy atom. The maximum atomic E-state index is 12.2. The highest BCUT2D eigenvalue weighted by Crippen LogP contribution is 2.09.